The van der Waals surface area contributed by atoms with Gasteiger partial charge in [0.2, 0.25) is 0 Å². The Morgan fingerprint density at radius 3 is 2.83 bits per heavy atom. The van der Waals surface area contributed by atoms with Crippen LogP contribution in [0.4, 0.5) is 0 Å². The zero-order valence-electron chi connectivity index (χ0n) is 15.1. The second kappa shape index (κ2) is 4.03. The number of ether oxygens (including phenoxy) is 2. The topological polar surface area (TPSA) is 21.8 Å². The maximum absolute atomic E-state index is 6.15. The van der Waals surface area contributed by atoms with Crippen molar-refractivity contribution in [2.45, 2.75) is 51.6 Å². The van der Waals surface area contributed by atoms with Crippen LogP contribution in [-0.2, 0) is 9.47 Å². The largest absolute Gasteiger partial charge is 0.501 e. The van der Waals surface area contributed by atoms with Crippen LogP contribution < -0.4 is 0 Å². The van der Waals surface area contributed by atoms with Crippen molar-refractivity contribution in [1.82, 2.24) is 0 Å². The van der Waals surface area contributed by atoms with E-state index in [1.165, 1.54) is 31.3 Å². The third kappa shape index (κ3) is 1.38. The molecule has 1 aliphatic heterocycles. The Morgan fingerprint density at radius 1 is 1.25 bits per heavy atom. The van der Waals surface area contributed by atoms with E-state index < -0.39 is 0 Å². The van der Waals surface area contributed by atoms with Crippen LogP contribution in [0.15, 0.2) is 35.1 Å². The van der Waals surface area contributed by atoms with Crippen molar-refractivity contribution >= 4 is 0 Å². The van der Waals surface area contributed by atoms with E-state index in [-0.39, 0.29) is 11.0 Å². The number of hydrogen-bond acceptors (Lipinski definition) is 2. The van der Waals surface area contributed by atoms with Crippen molar-refractivity contribution in [3.63, 3.8) is 0 Å². The molecule has 0 radical (unpaired) electrons. The molecule has 3 fully saturated rings. The highest BCUT2D eigenvalue weighted by Gasteiger charge is 2.80. The van der Waals surface area contributed by atoms with Gasteiger partial charge in [0.15, 0.2) is 0 Å². The summed E-state index contributed by atoms with van der Waals surface area (Å²) in [4.78, 5) is 0. The van der Waals surface area contributed by atoms with Crippen LogP contribution >= 0.6 is 0 Å². The van der Waals surface area contributed by atoms with E-state index in [1.54, 1.807) is 5.57 Å². The van der Waals surface area contributed by atoms with E-state index in [0.29, 0.717) is 5.41 Å². The van der Waals surface area contributed by atoms with Gasteiger partial charge in [0.1, 0.15) is 5.60 Å². The van der Waals surface area contributed by atoms with Gasteiger partial charge in [0.25, 0.3) is 0 Å². The molecule has 0 aromatic heterocycles. The number of fused-ring (bicyclic) bond motifs is 9. The van der Waals surface area contributed by atoms with Crippen LogP contribution in [0.2, 0.25) is 0 Å². The summed E-state index contributed by atoms with van der Waals surface area (Å²) >= 11 is 0. The maximum Gasteiger partial charge on any atom is 0.101 e. The molecule has 0 aromatic rings. The van der Waals surface area contributed by atoms with E-state index in [9.17, 15) is 0 Å². The highest BCUT2D eigenvalue weighted by atomic mass is 16.6. The molecule has 5 aliphatic carbocycles. The molecule has 0 bridgehead atoms. The molecular formula is C22H28O2. The standard InChI is InChI=1S/C22H28O2/c1-20-8-6-14(23-3)10-13(20)4-5-15-17(20)7-9-21(2)19(15)16-11-18(16)22(21)12-24-22/h4,7,10,15-16,18-19H,5-6,8-9,11-12H2,1-3H3/t15?,16-,18+,19?,20+,21+,22+/m1/s1. The summed E-state index contributed by atoms with van der Waals surface area (Å²) in [6.07, 6.45) is 13.7. The Kier molecular flexibility index (Phi) is 2.38. The fraction of sp³-hybridized carbons (Fsp3) is 0.727. The van der Waals surface area contributed by atoms with Gasteiger partial charge in [-0.15, -0.1) is 0 Å². The minimum absolute atomic E-state index is 0.247. The Morgan fingerprint density at radius 2 is 2.08 bits per heavy atom. The molecule has 7 atom stereocenters. The van der Waals surface area contributed by atoms with E-state index in [2.05, 4.69) is 32.1 Å². The first-order chi connectivity index (χ1) is 11.5. The summed E-state index contributed by atoms with van der Waals surface area (Å²) in [5.41, 5.74) is 4.19. The van der Waals surface area contributed by atoms with E-state index >= 15 is 0 Å². The Bertz CT molecular complexity index is 724. The third-order valence-electron chi connectivity index (χ3n) is 8.95. The lowest BCUT2D eigenvalue weighted by molar-refractivity contribution is 0.0386. The molecule has 2 heteroatoms. The Hall–Kier alpha value is -1.02. The van der Waals surface area contributed by atoms with Gasteiger partial charge in [-0.25, -0.2) is 0 Å². The molecule has 0 amide bonds. The molecule has 6 aliphatic rings. The molecule has 1 spiro atoms. The van der Waals surface area contributed by atoms with Crippen molar-refractivity contribution in [3.8, 4) is 0 Å². The molecule has 24 heavy (non-hydrogen) atoms. The summed E-state index contributed by atoms with van der Waals surface area (Å²) in [6, 6.07) is 0. The second-order valence-corrected chi connectivity index (χ2v) is 9.64. The van der Waals surface area contributed by atoms with Crippen LogP contribution in [-0.4, -0.2) is 19.3 Å². The maximum atomic E-state index is 6.15. The van der Waals surface area contributed by atoms with E-state index in [0.717, 1.165) is 42.5 Å². The normalized spacial score (nSPS) is 56.2. The second-order valence-electron chi connectivity index (χ2n) is 9.64. The molecule has 6 rings (SSSR count). The van der Waals surface area contributed by atoms with Crippen molar-refractivity contribution in [2.24, 2.45) is 34.5 Å². The van der Waals surface area contributed by atoms with Crippen LogP contribution in [0.1, 0.15) is 46.0 Å². The summed E-state index contributed by atoms with van der Waals surface area (Å²) in [6.45, 7) is 6.08. The number of hydrogen-bond donors (Lipinski definition) is 0. The predicted octanol–water partition coefficient (Wildman–Crippen LogP) is 4.63. The van der Waals surface area contributed by atoms with E-state index in [1.807, 2.05) is 7.11 Å². The van der Waals surface area contributed by atoms with Crippen LogP contribution in [0.5, 0.6) is 0 Å². The van der Waals surface area contributed by atoms with Crippen molar-refractivity contribution in [1.29, 1.82) is 0 Å². The van der Waals surface area contributed by atoms with Gasteiger partial charge in [0, 0.05) is 17.3 Å². The van der Waals surface area contributed by atoms with Gasteiger partial charge in [0.05, 0.1) is 19.5 Å². The third-order valence-corrected chi connectivity index (χ3v) is 8.95. The lowest BCUT2D eigenvalue weighted by atomic mass is 9.51. The van der Waals surface area contributed by atoms with Crippen molar-refractivity contribution in [2.75, 3.05) is 13.7 Å². The zero-order chi connectivity index (χ0) is 16.3. The zero-order valence-corrected chi connectivity index (χ0v) is 15.1. The first-order valence-corrected chi connectivity index (χ1v) is 9.83. The molecule has 1 saturated heterocycles. The number of rotatable bonds is 1. The monoisotopic (exact) mass is 324 g/mol. The predicted molar refractivity (Wildman–Crippen MR) is 93.2 cm³/mol. The molecule has 2 saturated carbocycles. The summed E-state index contributed by atoms with van der Waals surface area (Å²) in [7, 11) is 1.81. The average molecular weight is 324 g/mol. The summed E-state index contributed by atoms with van der Waals surface area (Å²) in [5.74, 6) is 4.59. The van der Waals surface area contributed by atoms with Gasteiger partial charge in [-0.3, -0.25) is 0 Å². The fourth-order valence-corrected chi connectivity index (χ4v) is 7.51. The number of methoxy groups -OCH3 is 1. The van der Waals surface area contributed by atoms with Gasteiger partial charge >= 0.3 is 0 Å². The lowest BCUT2D eigenvalue weighted by Gasteiger charge is -2.53. The highest BCUT2D eigenvalue weighted by Crippen LogP contribution is 2.79. The van der Waals surface area contributed by atoms with Crippen LogP contribution in [0.25, 0.3) is 0 Å². The fourth-order valence-electron chi connectivity index (χ4n) is 7.51. The van der Waals surface area contributed by atoms with Crippen molar-refractivity contribution in [3.05, 3.63) is 35.1 Å². The van der Waals surface area contributed by atoms with E-state index in [4.69, 9.17) is 9.47 Å². The molecule has 1 heterocycles. The number of allylic oxidation sites excluding steroid dienone is 6. The lowest BCUT2D eigenvalue weighted by Crippen LogP contribution is -2.47. The smallest absolute Gasteiger partial charge is 0.101 e. The average Bonchev–Trinajstić information content (AvgIpc) is 3.45. The van der Waals surface area contributed by atoms with Crippen LogP contribution in [0.3, 0.4) is 0 Å². The molecule has 0 aromatic carbocycles. The summed E-state index contributed by atoms with van der Waals surface area (Å²) < 4.78 is 11.7. The molecule has 2 nitrogen and oxygen atoms in total. The van der Waals surface area contributed by atoms with Crippen molar-refractivity contribution < 1.29 is 9.47 Å². The minimum Gasteiger partial charge on any atom is -0.501 e. The van der Waals surface area contributed by atoms with Gasteiger partial charge < -0.3 is 9.47 Å². The Labute approximate surface area is 145 Å². The molecule has 128 valence electrons. The minimum atomic E-state index is 0.247. The molecule has 2 unspecified atom stereocenters. The SMILES string of the molecule is COC1=CC2=CCC3C(=CC[C@@]4(C)C3[C@@H]3C[C@@H]3[C@@]43CO3)[C@@]2(C)CC1. The Balaban J connectivity index is 1.45. The molecule has 0 N–H and O–H groups in total. The van der Waals surface area contributed by atoms with Crippen LogP contribution in [0, 0.1) is 34.5 Å². The first kappa shape index (κ1) is 14.2. The van der Waals surface area contributed by atoms with Gasteiger partial charge in [-0.05, 0) is 61.0 Å². The highest BCUT2D eigenvalue weighted by molar-refractivity contribution is 5.47. The summed E-state index contributed by atoms with van der Waals surface area (Å²) in [5, 5.41) is 0. The number of epoxide rings is 1. The molecular weight excluding hydrogens is 296 g/mol. The van der Waals surface area contributed by atoms with Gasteiger partial charge in [-0.2, -0.15) is 0 Å². The first-order valence-electron chi connectivity index (χ1n) is 9.83. The van der Waals surface area contributed by atoms with Gasteiger partial charge in [-0.1, -0.05) is 31.6 Å². The quantitative estimate of drug-likeness (QED) is 0.518.